The van der Waals surface area contributed by atoms with Crippen molar-refractivity contribution in [2.75, 3.05) is 20.8 Å². The Morgan fingerprint density at radius 3 is 2.52 bits per heavy atom. The van der Waals surface area contributed by atoms with Gasteiger partial charge in [-0.1, -0.05) is 12.1 Å². The summed E-state index contributed by atoms with van der Waals surface area (Å²) < 4.78 is 51.6. The highest BCUT2D eigenvalue weighted by atomic mass is 32.2. The molecule has 1 saturated heterocycles. The molecule has 0 unspecified atom stereocenters. The van der Waals surface area contributed by atoms with Crippen LogP contribution in [0.4, 0.5) is 4.39 Å². The lowest BCUT2D eigenvalue weighted by molar-refractivity contribution is 0.353. The Hall–Kier alpha value is -2.12. The van der Waals surface area contributed by atoms with Crippen LogP contribution in [0, 0.1) is 5.82 Å². The van der Waals surface area contributed by atoms with Crippen LogP contribution in [0.15, 0.2) is 47.4 Å². The summed E-state index contributed by atoms with van der Waals surface area (Å²) >= 11 is 0. The van der Waals surface area contributed by atoms with Crippen LogP contribution in [-0.4, -0.2) is 33.5 Å². The van der Waals surface area contributed by atoms with Crippen molar-refractivity contribution >= 4 is 10.0 Å². The van der Waals surface area contributed by atoms with Gasteiger partial charge in [0.05, 0.1) is 25.2 Å². The highest BCUT2D eigenvalue weighted by Gasteiger charge is 2.36. The molecule has 25 heavy (non-hydrogen) atoms. The fraction of sp³-hybridized carbons (Fsp3) is 0.333. The number of halogens is 1. The molecule has 2 aromatic rings. The SMILES string of the molecule is COc1ccc(S(=O)(=O)N2CCC[C@@H]2c2cccc(F)c2)cc1OC. The van der Waals surface area contributed by atoms with Gasteiger partial charge in [-0.05, 0) is 42.7 Å². The quantitative estimate of drug-likeness (QED) is 0.815. The molecule has 0 N–H and O–H groups in total. The minimum Gasteiger partial charge on any atom is -0.493 e. The Labute approximate surface area is 147 Å². The van der Waals surface area contributed by atoms with E-state index in [1.165, 1.54) is 42.8 Å². The van der Waals surface area contributed by atoms with Gasteiger partial charge in [0.25, 0.3) is 0 Å². The Bertz CT molecular complexity index is 869. The third-order valence-corrected chi connectivity index (χ3v) is 6.30. The maximum atomic E-state index is 13.6. The summed E-state index contributed by atoms with van der Waals surface area (Å²) in [5.74, 6) is 0.447. The lowest BCUT2D eigenvalue weighted by Crippen LogP contribution is -2.30. The number of benzene rings is 2. The molecule has 0 radical (unpaired) electrons. The summed E-state index contributed by atoms with van der Waals surface area (Å²) in [7, 11) is -0.781. The van der Waals surface area contributed by atoms with Gasteiger partial charge in [0.1, 0.15) is 5.82 Å². The van der Waals surface area contributed by atoms with Crippen molar-refractivity contribution in [2.24, 2.45) is 0 Å². The first-order chi connectivity index (χ1) is 12.0. The van der Waals surface area contributed by atoms with Crippen molar-refractivity contribution in [2.45, 2.75) is 23.8 Å². The van der Waals surface area contributed by atoms with Crippen molar-refractivity contribution in [3.05, 3.63) is 53.8 Å². The van der Waals surface area contributed by atoms with E-state index in [9.17, 15) is 12.8 Å². The van der Waals surface area contributed by atoms with Crippen LogP contribution in [0.25, 0.3) is 0 Å². The summed E-state index contributed by atoms with van der Waals surface area (Å²) in [6.45, 7) is 0.401. The zero-order chi connectivity index (χ0) is 18.0. The van der Waals surface area contributed by atoms with Crippen molar-refractivity contribution in [3.63, 3.8) is 0 Å². The fourth-order valence-corrected chi connectivity index (χ4v) is 4.89. The minimum atomic E-state index is -3.73. The van der Waals surface area contributed by atoms with Gasteiger partial charge in [-0.2, -0.15) is 4.31 Å². The first kappa shape index (κ1) is 17.7. The Morgan fingerprint density at radius 2 is 1.84 bits per heavy atom. The number of methoxy groups -OCH3 is 2. The van der Waals surface area contributed by atoms with Gasteiger partial charge < -0.3 is 9.47 Å². The highest BCUT2D eigenvalue weighted by molar-refractivity contribution is 7.89. The molecule has 7 heteroatoms. The van der Waals surface area contributed by atoms with Gasteiger partial charge in [-0.25, -0.2) is 12.8 Å². The maximum Gasteiger partial charge on any atom is 0.243 e. The number of ether oxygens (including phenoxy) is 2. The Morgan fingerprint density at radius 1 is 1.08 bits per heavy atom. The van der Waals surface area contributed by atoms with Crippen molar-refractivity contribution < 1.29 is 22.3 Å². The molecule has 1 heterocycles. The van der Waals surface area contributed by atoms with Crippen LogP contribution in [0.5, 0.6) is 11.5 Å². The zero-order valence-corrected chi connectivity index (χ0v) is 14.9. The van der Waals surface area contributed by atoms with Crippen LogP contribution < -0.4 is 9.47 Å². The molecule has 0 aromatic heterocycles. The first-order valence-electron chi connectivity index (χ1n) is 7.96. The van der Waals surface area contributed by atoms with E-state index in [1.54, 1.807) is 18.2 Å². The molecule has 0 amide bonds. The van der Waals surface area contributed by atoms with Crippen molar-refractivity contribution in [1.29, 1.82) is 0 Å². The minimum absolute atomic E-state index is 0.133. The third-order valence-electron chi connectivity index (χ3n) is 4.40. The molecular formula is C18H20FNO4S. The molecule has 1 aliphatic heterocycles. The number of rotatable bonds is 5. The number of hydrogen-bond donors (Lipinski definition) is 0. The van der Waals surface area contributed by atoms with Crippen LogP contribution in [0.1, 0.15) is 24.4 Å². The molecule has 1 fully saturated rings. The van der Waals surface area contributed by atoms with E-state index in [0.717, 1.165) is 6.42 Å². The summed E-state index contributed by atoms with van der Waals surface area (Å²) in [5.41, 5.74) is 0.668. The molecule has 2 aromatic carbocycles. The van der Waals surface area contributed by atoms with Gasteiger partial charge in [0.15, 0.2) is 11.5 Å². The van der Waals surface area contributed by atoms with Crippen LogP contribution in [0.3, 0.4) is 0 Å². The van der Waals surface area contributed by atoms with Gasteiger partial charge >= 0.3 is 0 Å². The second-order valence-electron chi connectivity index (χ2n) is 5.85. The van der Waals surface area contributed by atoms with Crippen molar-refractivity contribution in [3.8, 4) is 11.5 Å². The second-order valence-corrected chi connectivity index (χ2v) is 7.74. The molecule has 1 atom stereocenters. The monoisotopic (exact) mass is 365 g/mol. The molecule has 0 bridgehead atoms. The molecule has 0 aliphatic carbocycles. The Kier molecular flexibility index (Phi) is 4.96. The van der Waals surface area contributed by atoms with E-state index < -0.39 is 10.0 Å². The third kappa shape index (κ3) is 3.34. The smallest absolute Gasteiger partial charge is 0.243 e. The van der Waals surface area contributed by atoms with Gasteiger partial charge in [0.2, 0.25) is 10.0 Å². The molecule has 0 spiro atoms. The molecular weight excluding hydrogens is 345 g/mol. The van der Waals surface area contributed by atoms with Crippen molar-refractivity contribution in [1.82, 2.24) is 4.31 Å². The molecule has 1 aliphatic rings. The van der Waals surface area contributed by atoms with Gasteiger partial charge in [-0.3, -0.25) is 0 Å². The maximum absolute atomic E-state index is 13.6. The number of hydrogen-bond acceptors (Lipinski definition) is 4. The topological polar surface area (TPSA) is 55.8 Å². The first-order valence-corrected chi connectivity index (χ1v) is 9.40. The predicted molar refractivity (Wildman–Crippen MR) is 91.8 cm³/mol. The largest absolute Gasteiger partial charge is 0.493 e. The van der Waals surface area contributed by atoms with E-state index in [0.29, 0.717) is 30.0 Å². The normalized spacial score (nSPS) is 18.3. The zero-order valence-electron chi connectivity index (χ0n) is 14.1. The summed E-state index contributed by atoms with van der Waals surface area (Å²) in [6, 6.07) is 10.3. The lowest BCUT2D eigenvalue weighted by Gasteiger charge is -2.25. The van der Waals surface area contributed by atoms with E-state index >= 15 is 0 Å². The molecule has 0 saturated carbocycles. The standard InChI is InChI=1S/C18H20FNO4S/c1-23-17-9-8-15(12-18(17)24-2)25(21,22)20-10-4-7-16(20)13-5-3-6-14(19)11-13/h3,5-6,8-9,11-12,16H,4,7,10H2,1-2H3/t16-/m1/s1. The molecule has 134 valence electrons. The molecule has 3 rings (SSSR count). The van der Waals surface area contributed by atoms with Gasteiger partial charge in [-0.15, -0.1) is 0 Å². The highest BCUT2D eigenvalue weighted by Crippen LogP contribution is 2.38. The van der Waals surface area contributed by atoms with E-state index in [1.807, 2.05) is 0 Å². The number of sulfonamides is 1. The average molecular weight is 365 g/mol. The lowest BCUT2D eigenvalue weighted by atomic mass is 10.1. The Balaban J connectivity index is 1.99. The van der Waals surface area contributed by atoms with Gasteiger partial charge in [0, 0.05) is 12.6 Å². The van der Waals surface area contributed by atoms with Crippen LogP contribution >= 0.6 is 0 Å². The van der Waals surface area contributed by atoms with E-state index in [2.05, 4.69) is 0 Å². The van der Waals surface area contributed by atoms with Crippen LogP contribution in [-0.2, 0) is 10.0 Å². The van der Waals surface area contributed by atoms with E-state index in [4.69, 9.17) is 9.47 Å². The average Bonchev–Trinajstić information content (AvgIpc) is 3.11. The fourth-order valence-electron chi connectivity index (χ4n) is 3.19. The summed E-state index contributed by atoms with van der Waals surface area (Å²) in [6.07, 6.45) is 1.39. The number of nitrogens with zero attached hydrogens (tertiary/aromatic N) is 1. The summed E-state index contributed by atoms with van der Waals surface area (Å²) in [4.78, 5) is 0.133. The van der Waals surface area contributed by atoms with E-state index in [-0.39, 0.29) is 16.8 Å². The predicted octanol–water partition coefficient (Wildman–Crippen LogP) is 3.37. The molecule has 5 nitrogen and oxygen atoms in total. The summed E-state index contributed by atoms with van der Waals surface area (Å²) in [5, 5.41) is 0. The van der Waals surface area contributed by atoms with Crippen LogP contribution in [0.2, 0.25) is 0 Å². The second kappa shape index (κ2) is 7.01.